The second kappa shape index (κ2) is 6.71. The number of hydrogen-bond acceptors (Lipinski definition) is 5. The van der Waals surface area contributed by atoms with Crippen LogP contribution >= 0.6 is 0 Å². The normalized spacial score (nSPS) is 13.5. The molecule has 0 atom stereocenters. The summed E-state index contributed by atoms with van der Waals surface area (Å²) in [5.74, 6) is 0.175. The lowest BCUT2D eigenvalue weighted by atomic mass is 9.96. The average Bonchev–Trinajstić information content (AvgIpc) is 3.54. The number of aryl methyl sites for hydroxylation is 1. The first kappa shape index (κ1) is 18.1. The van der Waals surface area contributed by atoms with E-state index in [9.17, 15) is 14.7 Å². The molecular weight excluding hydrogens is 358 g/mol. The van der Waals surface area contributed by atoms with Gasteiger partial charge in [-0.1, -0.05) is 6.07 Å². The molecule has 0 spiro atoms. The van der Waals surface area contributed by atoms with Gasteiger partial charge in [0.25, 0.3) is 5.56 Å². The topological polar surface area (TPSA) is 77.2 Å². The standard InChI is InChI=1S/C22H21NO5/c1-12-15(14-6-7-18(24)19(10-14)27-2)8-9-23-20(12)16(13-4-5-13)11-17(21(23)25)22(26)28-3/h6-11,13,24H,4-5H2,1-3H3. The first-order valence-electron chi connectivity index (χ1n) is 9.10. The molecule has 1 aromatic carbocycles. The van der Waals surface area contributed by atoms with Gasteiger partial charge in [-0.15, -0.1) is 0 Å². The predicted octanol–water partition coefficient (Wildman–Crippen LogP) is 3.65. The van der Waals surface area contributed by atoms with Crippen LogP contribution in [0.4, 0.5) is 0 Å². The van der Waals surface area contributed by atoms with E-state index < -0.39 is 5.97 Å². The van der Waals surface area contributed by atoms with E-state index >= 15 is 0 Å². The Balaban J connectivity index is 2.00. The van der Waals surface area contributed by atoms with E-state index in [0.717, 1.165) is 40.6 Å². The van der Waals surface area contributed by atoms with Gasteiger partial charge in [0.05, 0.1) is 19.7 Å². The van der Waals surface area contributed by atoms with Gasteiger partial charge in [0, 0.05) is 6.20 Å². The molecule has 4 rings (SSSR count). The Morgan fingerprint density at radius 2 is 1.93 bits per heavy atom. The maximum atomic E-state index is 12.9. The van der Waals surface area contributed by atoms with Gasteiger partial charge in [-0.3, -0.25) is 9.20 Å². The molecule has 2 aromatic heterocycles. The minimum atomic E-state index is -0.619. The first-order valence-corrected chi connectivity index (χ1v) is 9.10. The molecule has 0 unspecified atom stereocenters. The maximum absolute atomic E-state index is 12.9. The molecule has 1 aliphatic carbocycles. The zero-order valence-corrected chi connectivity index (χ0v) is 16.0. The number of benzene rings is 1. The number of methoxy groups -OCH3 is 2. The summed E-state index contributed by atoms with van der Waals surface area (Å²) in [5.41, 5.74) is 4.23. The van der Waals surface area contributed by atoms with Crippen LogP contribution in [-0.2, 0) is 4.74 Å². The number of rotatable bonds is 4. The number of hydrogen-bond donors (Lipinski definition) is 1. The van der Waals surface area contributed by atoms with Crippen molar-refractivity contribution < 1.29 is 19.4 Å². The van der Waals surface area contributed by atoms with E-state index in [1.165, 1.54) is 18.6 Å². The fraction of sp³-hybridized carbons (Fsp3) is 0.273. The Hall–Kier alpha value is -3.28. The highest BCUT2D eigenvalue weighted by atomic mass is 16.5. The van der Waals surface area contributed by atoms with Crippen LogP contribution in [0.1, 0.15) is 40.2 Å². The van der Waals surface area contributed by atoms with E-state index in [1.54, 1.807) is 24.4 Å². The fourth-order valence-corrected chi connectivity index (χ4v) is 3.72. The monoisotopic (exact) mass is 379 g/mol. The molecule has 1 fully saturated rings. The maximum Gasteiger partial charge on any atom is 0.343 e. The van der Waals surface area contributed by atoms with Crippen molar-refractivity contribution in [3.8, 4) is 22.6 Å². The summed E-state index contributed by atoms with van der Waals surface area (Å²) in [7, 11) is 2.78. The van der Waals surface area contributed by atoms with Crippen LogP contribution in [0.5, 0.6) is 11.5 Å². The minimum Gasteiger partial charge on any atom is -0.504 e. The van der Waals surface area contributed by atoms with Crippen molar-refractivity contribution in [1.29, 1.82) is 0 Å². The van der Waals surface area contributed by atoms with Crippen LogP contribution in [0.3, 0.4) is 0 Å². The highest BCUT2D eigenvalue weighted by Gasteiger charge is 2.29. The predicted molar refractivity (Wildman–Crippen MR) is 105 cm³/mol. The summed E-state index contributed by atoms with van der Waals surface area (Å²) < 4.78 is 11.6. The van der Waals surface area contributed by atoms with Gasteiger partial charge >= 0.3 is 5.97 Å². The van der Waals surface area contributed by atoms with Gasteiger partial charge in [0.1, 0.15) is 5.56 Å². The lowest BCUT2D eigenvalue weighted by Gasteiger charge is -2.16. The summed E-state index contributed by atoms with van der Waals surface area (Å²) in [6, 6.07) is 8.70. The number of fused-ring (bicyclic) bond motifs is 1. The smallest absolute Gasteiger partial charge is 0.343 e. The molecule has 6 heteroatoms. The third-order valence-electron chi connectivity index (χ3n) is 5.33. The number of carbonyl (C=O) groups is 1. The van der Waals surface area contributed by atoms with Gasteiger partial charge in [0.2, 0.25) is 0 Å². The molecule has 3 aromatic rings. The third kappa shape index (κ3) is 2.81. The van der Waals surface area contributed by atoms with E-state index in [2.05, 4.69) is 0 Å². The van der Waals surface area contributed by atoms with Crippen LogP contribution < -0.4 is 10.3 Å². The van der Waals surface area contributed by atoms with Crippen molar-refractivity contribution in [2.45, 2.75) is 25.7 Å². The zero-order chi connectivity index (χ0) is 20.0. The SMILES string of the molecule is COC(=O)c1cc(C2CC2)c2c(C)c(-c3ccc(O)c(OC)c3)ccn2c1=O. The average molecular weight is 379 g/mol. The summed E-state index contributed by atoms with van der Waals surface area (Å²) >= 11 is 0. The number of esters is 1. The number of aromatic hydroxyl groups is 1. The minimum absolute atomic E-state index is 0.0559. The molecule has 0 radical (unpaired) electrons. The van der Waals surface area contributed by atoms with Crippen molar-refractivity contribution >= 4 is 11.5 Å². The molecule has 0 bridgehead atoms. The van der Waals surface area contributed by atoms with Gasteiger partial charge < -0.3 is 14.6 Å². The highest BCUT2D eigenvalue weighted by Crippen LogP contribution is 2.44. The lowest BCUT2D eigenvalue weighted by Crippen LogP contribution is -2.24. The van der Waals surface area contributed by atoms with Gasteiger partial charge in [-0.25, -0.2) is 4.79 Å². The molecule has 1 aliphatic rings. The quantitative estimate of drug-likeness (QED) is 0.700. The summed E-state index contributed by atoms with van der Waals surface area (Å²) in [6.07, 6.45) is 3.76. The Kier molecular flexibility index (Phi) is 4.34. The van der Waals surface area contributed by atoms with Crippen LogP contribution in [0.25, 0.3) is 16.6 Å². The number of phenols is 1. The van der Waals surface area contributed by atoms with E-state index in [0.29, 0.717) is 11.7 Å². The molecule has 0 aliphatic heterocycles. The zero-order valence-electron chi connectivity index (χ0n) is 16.0. The van der Waals surface area contributed by atoms with Crippen molar-refractivity contribution in [3.63, 3.8) is 0 Å². The molecule has 0 amide bonds. The van der Waals surface area contributed by atoms with Crippen molar-refractivity contribution in [2.24, 2.45) is 0 Å². The summed E-state index contributed by atoms with van der Waals surface area (Å²) in [5, 5.41) is 9.88. The van der Waals surface area contributed by atoms with E-state index in [-0.39, 0.29) is 16.9 Å². The number of aromatic nitrogens is 1. The van der Waals surface area contributed by atoms with Crippen molar-refractivity contribution in [2.75, 3.05) is 14.2 Å². The lowest BCUT2D eigenvalue weighted by molar-refractivity contribution is 0.0598. The van der Waals surface area contributed by atoms with Crippen molar-refractivity contribution in [3.05, 3.63) is 63.6 Å². The third-order valence-corrected chi connectivity index (χ3v) is 5.33. The molecular formula is C22H21NO5. The van der Waals surface area contributed by atoms with Crippen molar-refractivity contribution in [1.82, 2.24) is 4.40 Å². The molecule has 6 nitrogen and oxygen atoms in total. The van der Waals surface area contributed by atoms with Crippen LogP contribution in [0.15, 0.2) is 41.3 Å². The van der Waals surface area contributed by atoms with E-state index in [1.807, 2.05) is 19.1 Å². The van der Waals surface area contributed by atoms with Gasteiger partial charge in [-0.2, -0.15) is 0 Å². The van der Waals surface area contributed by atoms with Gasteiger partial charge in [-0.05, 0) is 72.2 Å². The molecule has 2 heterocycles. The number of ether oxygens (including phenoxy) is 2. The largest absolute Gasteiger partial charge is 0.504 e. The molecule has 28 heavy (non-hydrogen) atoms. The van der Waals surface area contributed by atoms with Crippen LogP contribution in [0, 0.1) is 6.92 Å². The van der Waals surface area contributed by atoms with E-state index in [4.69, 9.17) is 9.47 Å². The summed E-state index contributed by atoms with van der Waals surface area (Å²) in [6.45, 7) is 1.97. The number of nitrogens with zero attached hydrogens (tertiary/aromatic N) is 1. The molecule has 1 saturated carbocycles. The van der Waals surface area contributed by atoms with Crippen LogP contribution in [-0.4, -0.2) is 29.7 Å². The Morgan fingerprint density at radius 1 is 1.18 bits per heavy atom. The number of carbonyl (C=O) groups excluding carboxylic acids is 1. The van der Waals surface area contributed by atoms with Gasteiger partial charge in [0.15, 0.2) is 11.5 Å². The molecule has 1 N–H and O–H groups in total. The second-order valence-corrected chi connectivity index (χ2v) is 7.04. The Morgan fingerprint density at radius 3 is 2.57 bits per heavy atom. The van der Waals surface area contributed by atoms with Crippen LogP contribution in [0.2, 0.25) is 0 Å². The first-order chi connectivity index (χ1) is 13.5. The Bertz CT molecular complexity index is 1160. The summed E-state index contributed by atoms with van der Waals surface area (Å²) in [4.78, 5) is 25.0. The molecule has 0 saturated heterocycles. The second-order valence-electron chi connectivity index (χ2n) is 7.04. The number of pyridine rings is 2. The fourth-order valence-electron chi connectivity index (χ4n) is 3.72. The number of phenolic OH excluding ortho intramolecular Hbond substituents is 1. The molecule has 144 valence electrons. The Labute approximate surface area is 162 Å². The highest BCUT2D eigenvalue weighted by molar-refractivity contribution is 5.90.